The van der Waals surface area contributed by atoms with Crippen molar-refractivity contribution in [2.24, 2.45) is 7.05 Å². The molecule has 23 heavy (non-hydrogen) atoms. The normalized spacial score (nSPS) is 11.3. The highest BCUT2D eigenvalue weighted by Crippen LogP contribution is 2.24. The molecule has 0 saturated carbocycles. The molecule has 6 nitrogen and oxygen atoms in total. The van der Waals surface area contributed by atoms with E-state index in [-0.39, 0.29) is 18.0 Å². The lowest BCUT2D eigenvalue weighted by Gasteiger charge is -2.19. The molecular formula is C14H14F3N3O3. The van der Waals surface area contributed by atoms with Gasteiger partial charge in [0.2, 0.25) is 0 Å². The summed E-state index contributed by atoms with van der Waals surface area (Å²) < 4.78 is 42.1. The van der Waals surface area contributed by atoms with Crippen LogP contribution in [0.5, 0.6) is 5.75 Å². The van der Waals surface area contributed by atoms with Crippen LogP contribution in [0.3, 0.4) is 0 Å². The fourth-order valence-electron chi connectivity index (χ4n) is 1.88. The van der Waals surface area contributed by atoms with Crippen LogP contribution in [0.4, 0.5) is 13.2 Å². The molecule has 0 saturated heterocycles. The first kappa shape index (κ1) is 16.8. The van der Waals surface area contributed by atoms with E-state index in [1.165, 1.54) is 37.8 Å². The van der Waals surface area contributed by atoms with Crippen LogP contribution in [-0.2, 0) is 18.4 Å². The third kappa shape index (κ3) is 4.71. The molecule has 0 radical (unpaired) electrons. The van der Waals surface area contributed by atoms with Crippen molar-refractivity contribution < 1.29 is 27.5 Å². The quantitative estimate of drug-likeness (QED) is 0.791. The summed E-state index contributed by atoms with van der Waals surface area (Å²) in [4.78, 5) is 21.1. The molecule has 0 N–H and O–H groups in total. The van der Waals surface area contributed by atoms with Crippen LogP contribution < -0.4 is 4.74 Å². The predicted octanol–water partition coefficient (Wildman–Crippen LogP) is 2.52. The number of hydroxylamine groups is 2. The molecule has 0 aliphatic carbocycles. The van der Waals surface area contributed by atoms with Gasteiger partial charge >= 0.3 is 6.36 Å². The minimum atomic E-state index is -4.77. The summed E-state index contributed by atoms with van der Waals surface area (Å²) in [5, 5.41) is 0.995. The number of nitrogens with zero attached hydrogens (tertiary/aromatic N) is 3. The molecule has 1 heterocycles. The molecule has 2 rings (SSSR count). The number of benzene rings is 1. The molecule has 0 fully saturated rings. The zero-order chi connectivity index (χ0) is 17.0. The molecule has 124 valence electrons. The predicted molar refractivity (Wildman–Crippen MR) is 73.2 cm³/mol. The molecule has 0 bridgehead atoms. The third-order valence-corrected chi connectivity index (χ3v) is 2.83. The van der Waals surface area contributed by atoms with Gasteiger partial charge in [-0.3, -0.25) is 9.63 Å². The van der Waals surface area contributed by atoms with E-state index in [2.05, 4.69) is 9.72 Å². The van der Waals surface area contributed by atoms with Crippen molar-refractivity contribution in [1.29, 1.82) is 0 Å². The second-order valence-corrected chi connectivity index (χ2v) is 4.64. The Morgan fingerprint density at radius 1 is 1.39 bits per heavy atom. The maximum atomic E-state index is 12.2. The molecular weight excluding hydrogens is 315 g/mol. The van der Waals surface area contributed by atoms with E-state index in [0.29, 0.717) is 5.56 Å². The van der Waals surface area contributed by atoms with Crippen molar-refractivity contribution in [3.8, 4) is 5.75 Å². The Bertz CT molecular complexity index is 685. The van der Waals surface area contributed by atoms with Gasteiger partial charge in [0.05, 0.1) is 20.0 Å². The molecule has 0 aliphatic rings. The second-order valence-electron chi connectivity index (χ2n) is 4.64. The molecule has 9 heteroatoms. The van der Waals surface area contributed by atoms with Gasteiger partial charge in [-0.15, -0.1) is 13.2 Å². The van der Waals surface area contributed by atoms with Crippen LogP contribution in [0.2, 0.25) is 0 Å². The van der Waals surface area contributed by atoms with Crippen LogP contribution in [0.25, 0.3) is 0 Å². The summed E-state index contributed by atoms with van der Waals surface area (Å²) in [7, 11) is 3.00. The Labute approximate surface area is 130 Å². The van der Waals surface area contributed by atoms with E-state index in [9.17, 15) is 18.0 Å². The summed E-state index contributed by atoms with van der Waals surface area (Å²) in [6.07, 6.45) is -1.81. The average molecular weight is 329 g/mol. The summed E-state index contributed by atoms with van der Waals surface area (Å²) >= 11 is 0. The van der Waals surface area contributed by atoms with E-state index in [1.54, 1.807) is 17.7 Å². The van der Waals surface area contributed by atoms with Crippen molar-refractivity contribution in [2.75, 3.05) is 7.11 Å². The number of halogens is 3. The number of hydrogen-bond acceptors (Lipinski definition) is 4. The third-order valence-electron chi connectivity index (χ3n) is 2.83. The molecule has 0 unspecified atom stereocenters. The summed E-state index contributed by atoms with van der Waals surface area (Å²) in [6.45, 7) is -0.0546. The van der Waals surface area contributed by atoms with Crippen molar-refractivity contribution in [1.82, 2.24) is 14.6 Å². The molecule has 1 amide bonds. The topological polar surface area (TPSA) is 56.6 Å². The zero-order valence-corrected chi connectivity index (χ0v) is 12.4. The SMILES string of the molecule is CON(Cc1cccc(OC(F)(F)F)c1)C(=O)c1cn(C)cn1. The number of aromatic nitrogens is 2. The molecule has 2 aromatic rings. The standard InChI is InChI=1S/C14H14F3N3O3/c1-19-8-12(18-9-19)13(21)20(22-2)7-10-4-3-5-11(6-10)23-14(15,16)17/h3-6,8-9H,7H2,1-2H3. The lowest BCUT2D eigenvalue weighted by atomic mass is 10.2. The number of imidazole rings is 1. The first-order chi connectivity index (χ1) is 10.8. The van der Waals surface area contributed by atoms with E-state index in [1.807, 2.05) is 0 Å². The Morgan fingerprint density at radius 2 is 2.13 bits per heavy atom. The van der Waals surface area contributed by atoms with Crippen LogP contribution in [0.1, 0.15) is 16.1 Å². The van der Waals surface area contributed by atoms with Crippen molar-refractivity contribution >= 4 is 5.91 Å². The minimum absolute atomic E-state index is 0.0546. The van der Waals surface area contributed by atoms with Crippen LogP contribution >= 0.6 is 0 Å². The molecule has 1 aromatic carbocycles. The number of alkyl halides is 3. The van der Waals surface area contributed by atoms with Gasteiger partial charge in [-0.1, -0.05) is 12.1 Å². The van der Waals surface area contributed by atoms with E-state index >= 15 is 0 Å². The Balaban J connectivity index is 2.12. The first-order valence-electron chi connectivity index (χ1n) is 6.47. The molecule has 1 aromatic heterocycles. The fourth-order valence-corrected chi connectivity index (χ4v) is 1.88. The average Bonchev–Trinajstić information content (AvgIpc) is 2.89. The molecule has 0 spiro atoms. The van der Waals surface area contributed by atoms with Crippen molar-refractivity contribution in [3.05, 3.63) is 48.0 Å². The van der Waals surface area contributed by atoms with Crippen LogP contribution in [0, 0.1) is 0 Å². The largest absolute Gasteiger partial charge is 0.573 e. The van der Waals surface area contributed by atoms with Gasteiger partial charge in [0, 0.05) is 13.2 Å². The van der Waals surface area contributed by atoms with Crippen molar-refractivity contribution in [2.45, 2.75) is 12.9 Å². The number of amides is 1. The number of rotatable bonds is 5. The van der Waals surface area contributed by atoms with Crippen molar-refractivity contribution in [3.63, 3.8) is 0 Å². The fraction of sp³-hybridized carbons (Fsp3) is 0.286. The Hall–Kier alpha value is -2.55. The van der Waals surface area contributed by atoms with Gasteiger partial charge in [0.25, 0.3) is 5.91 Å². The van der Waals surface area contributed by atoms with Gasteiger partial charge in [-0.2, -0.15) is 0 Å². The van der Waals surface area contributed by atoms with E-state index in [4.69, 9.17) is 4.84 Å². The maximum Gasteiger partial charge on any atom is 0.573 e. The maximum absolute atomic E-state index is 12.2. The lowest BCUT2D eigenvalue weighted by Crippen LogP contribution is -2.29. The number of aryl methyl sites for hydroxylation is 1. The van der Waals surface area contributed by atoms with E-state index in [0.717, 1.165) is 5.06 Å². The van der Waals surface area contributed by atoms with Crippen LogP contribution in [0.15, 0.2) is 36.8 Å². The van der Waals surface area contributed by atoms with Gasteiger partial charge in [0.15, 0.2) is 0 Å². The number of carbonyl (C=O) groups is 1. The molecule has 0 aliphatic heterocycles. The van der Waals surface area contributed by atoms with Gasteiger partial charge < -0.3 is 9.30 Å². The first-order valence-corrected chi connectivity index (χ1v) is 6.47. The highest BCUT2D eigenvalue weighted by molar-refractivity contribution is 5.91. The van der Waals surface area contributed by atoms with Crippen LogP contribution in [-0.4, -0.2) is 34.0 Å². The highest BCUT2D eigenvalue weighted by Gasteiger charge is 2.31. The monoisotopic (exact) mass is 329 g/mol. The van der Waals surface area contributed by atoms with Gasteiger partial charge in [0.1, 0.15) is 11.4 Å². The zero-order valence-electron chi connectivity index (χ0n) is 12.4. The lowest BCUT2D eigenvalue weighted by molar-refractivity contribution is -0.274. The number of ether oxygens (including phenoxy) is 1. The smallest absolute Gasteiger partial charge is 0.406 e. The number of carbonyl (C=O) groups excluding carboxylic acids is 1. The Morgan fingerprint density at radius 3 is 2.70 bits per heavy atom. The second kappa shape index (κ2) is 6.69. The summed E-state index contributed by atoms with van der Waals surface area (Å²) in [5.41, 5.74) is 0.579. The minimum Gasteiger partial charge on any atom is -0.406 e. The summed E-state index contributed by atoms with van der Waals surface area (Å²) in [6, 6.07) is 5.32. The van der Waals surface area contributed by atoms with E-state index < -0.39 is 12.3 Å². The number of hydrogen-bond donors (Lipinski definition) is 0. The van der Waals surface area contributed by atoms with Gasteiger partial charge in [-0.25, -0.2) is 10.0 Å². The Kier molecular flexibility index (Phi) is 4.89. The summed E-state index contributed by atoms with van der Waals surface area (Å²) in [5.74, 6) is -0.869. The molecule has 0 atom stereocenters. The van der Waals surface area contributed by atoms with Gasteiger partial charge in [-0.05, 0) is 17.7 Å². The highest BCUT2D eigenvalue weighted by atomic mass is 19.4.